The lowest BCUT2D eigenvalue weighted by molar-refractivity contribution is -0.167. The lowest BCUT2D eigenvalue weighted by Gasteiger charge is -2.18. The highest BCUT2D eigenvalue weighted by Gasteiger charge is 2.19. The highest BCUT2D eigenvalue weighted by atomic mass is 16.6. The zero-order chi connectivity index (χ0) is 48.6. The van der Waals surface area contributed by atoms with Gasteiger partial charge in [-0.15, -0.1) is 0 Å². The van der Waals surface area contributed by atoms with Crippen molar-refractivity contribution >= 4 is 17.9 Å². The quantitative estimate of drug-likeness (QED) is 0.0262. The molecule has 0 aromatic rings. The maximum Gasteiger partial charge on any atom is 0.306 e. The van der Waals surface area contributed by atoms with Crippen molar-refractivity contribution in [3.63, 3.8) is 0 Å². The fourth-order valence-electron chi connectivity index (χ4n) is 7.93. The van der Waals surface area contributed by atoms with E-state index in [0.717, 1.165) is 109 Å². The first kappa shape index (κ1) is 63.8. The van der Waals surface area contributed by atoms with Gasteiger partial charge >= 0.3 is 17.9 Å². The first-order valence-electron chi connectivity index (χ1n) is 28.4. The second-order valence-corrected chi connectivity index (χ2v) is 18.8. The van der Waals surface area contributed by atoms with Crippen molar-refractivity contribution in [2.75, 3.05) is 13.2 Å². The van der Waals surface area contributed by atoms with E-state index in [-0.39, 0.29) is 31.1 Å². The van der Waals surface area contributed by atoms with Gasteiger partial charge in [-0.1, -0.05) is 241 Å². The maximum absolute atomic E-state index is 12.8. The van der Waals surface area contributed by atoms with Crippen LogP contribution in [0.25, 0.3) is 0 Å². The molecule has 0 aliphatic carbocycles. The largest absolute Gasteiger partial charge is 0.462 e. The number of esters is 3. The van der Waals surface area contributed by atoms with Crippen molar-refractivity contribution in [3.05, 3.63) is 72.9 Å². The second kappa shape index (κ2) is 55.4. The molecular formula is C61H106O6. The van der Waals surface area contributed by atoms with Gasteiger partial charge < -0.3 is 14.2 Å². The van der Waals surface area contributed by atoms with Crippen LogP contribution in [-0.2, 0) is 28.6 Å². The van der Waals surface area contributed by atoms with Crippen molar-refractivity contribution in [2.45, 2.75) is 284 Å². The highest BCUT2D eigenvalue weighted by Crippen LogP contribution is 2.15. The van der Waals surface area contributed by atoms with Gasteiger partial charge in [0, 0.05) is 19.3 Å². The summed E-state index contributed by atoms with van der Waals surface area (Å²) < 4.78 is 16.8. The van der Waals surface area contributed by atoms with Gasteiger partial charge in [0.1, 0.15) is 13.2 Å². The topological polar surface area (TPSA) is 78.9 Å². The van der Waals surface area contributed by atoms with Gasteiger partial charge in [0.2, 0.25) is 0 Å². The van der Waals surface area contributed by atoms with E-state index in [1.54, 1.807) is 0 Å². The number of allylic oxidation sites excluding steroid dienone is 12. The smallest absolute Gasteiger partial charge is 0.306 e. The minimum atomic E-state index is -0.792. The van der Waals surface area contributed by atoms with Gasteiger partial charge in [-0.2, -0.15) is 0 Å². The van der Waals surface area contributed by atoms with Crippen LogP contribution in [0.15, 0.2) is 72.9 Å². The average Bonchev–Trinajstić information content (AvgIpc) is 3.33. The minimum Gasteiger partial charge on any atom is -0.462 e. The SMILES string of the molecule is CC/C=C\C/C=C\C/C=C\C/C=C\C/C=C\CCCCCC(=O)OC[C@H](COC(=O)CCCCCCCCCCCCCCCCC)OC(=O)CCCCCCC/C=C\CCCCCCCC. The number of ether oxygens (including phenoxy) is 3. The van der Waals surface area contributed by atoms with Gasteiger partial charge in [0.25, 0.3) is 0 Å². The zero-order valence-corrected chi connectivity index (χ0v) is 44.2. The van der Waals surface area contributed by atoms with E-state index < -0.39 is 6.10 Å². The van der Waals surface area contributed by atoms with Crippen molar-refractivity contribution in [2.24, 2.45) is 0 Å². The maximum atomic E-state index is 12.8. The van der Waals surface area contributed by atoms with E-state index in [1.165, 1.54) is 128 Å². The summed E-state index contributed by atoms with van der Waals surface area (Å²) in [6.07, 6.45) is 70.3. The second-order valence-electron chi connectivity index (χ2n) is 18.8. The summed E-state index contributed by atoms with van der Waals surface area (Å²) in [5.74, 6) is -0.920. The van der Waals surface area contributed by atoms with Crippen LogP contribution in [0.3, 0.4) is 0 Å². The molecule has 0 aliphatic heterocycles. The fraction of sp³-hybridized carbons (Fsp3) is 0.754. The number of unbranched alkanes of at least 4 members (excludes halogenated alkanes) is 28. The molecule has 0 fully saturated rings. The van der Waals surface area contributed by atoms with Crippen molar-refractivity contribution < 1.29 is 28.6 Å². The molecule has 0 bridgehead atoms. The molecule has 6 nitrogen and oxygen atoms in total. The van der Waals surface area contributed by atoms with E-state index in [9.17, 15) is 14.4 Å². The molecule has 1 atom stereocenters. The molecule has 0 saturated carbocycles. The molecule has 386 valence electrons. The molecule has 0 aromatic heterocycles. The average molecular weight is 936 g/mol. The highest BCUT2D eigenvalue weighted by molar-refractivity contribution is 5.71. The molecule has 6 heteroatoms. The lowest BCUT2D eigenvalue weighted by Crippen LogP contribution is -2.30. The van der Waals surface area contributed by atoms with E-state index in [2.05, 4.69) is 93.7 Å². The molecule has 0 saturated heterocycles. The summed E-state index contributed by atoms with van der Waals surface area (Å²) >= 11 is 0. The van der Waals surface area contributed by atoms with Crippen molar-refractivity contribution in [1.29, 1.82) is 0 Å². The van der Waals surface area contributed by atoms with Crippen molar-refractivity contribution in [1.82, 2.24) is 0 Å². The predicted molar refractivity (Wildman–Crippen MR) is 288 cm³/mol. The molecular weight excluding hydrogens is 829 g/mol. The van der Waals surface area contributed by atoms with Gasteiger partial charge in [0.05, 0.1) is 0 Å². The Morgan fingerprint density at radius 1 is 0.313 bits per heavy atom. The summed E-state index contributed by atoms with van der Waals surface area (Å²) in [6, 6.07) is 0. The van der Waals surface area contributed by atoms with E-state index in [4.69, 9.17) is 14.2 Å². The van der Waals surface area contributed by atoms with Crippen LogP contribution in [0.5, 0.6) is 0 Å². The summed E-state index contributed by atoms with van der Waals surface area (Å²) in [4.78, 5) is 38.1. The molecule has 0 heterocycles. The fourth-order valence-corrected chi connectivity index (χ4v) is 7.93. The first-order valence-corrected chi connectivity index (χ1v) is 28.4. The Morgan fingerprint density at radius 2 is 0.582 bits per heavy atom. The van der Waals surface area contributed by atoms with Crippen LogP contribution in [0.4, 0.5) is 0 Å². The third-order valence-electron chi connectivity index (χ3n) is 12.2. The Morgan fingerprint density at radius 3 is 0.940 bits per heavy atom. The molecule has 0 unspecified atom stereocenters. The molecule has 67 heavy (non-hydrogen) atoms. The molecule has 0 radical (unpaired) electrons. The third kappa shape index (κ3) is 53.7. The summed E-state index contributed by atoms with van der Waals surface area (Å²) in [6.45, 7) is 6.51. The molecule has 0 spiro atoms. The first-order chi connectivity index (χ1) is 33.0. The number of hydrogen-bond donors (Lipinski definition) is 0. The van der Waals surface area contributed by atoms with Crippen LogP contribution in [0.1, 0.15) is 278 Å². The number of hydrogen-bond acceptors (Lipinski definition) is 6. The molecule has 0 aromatic carbocycles. The Hall–Kier alpha value is -3.15. The van der Waals surface area contributed by atoms with Crippen LogP contribution in [-0.4, -0.2) is 37.2 Å². The lowest BCUT2D eigenvalue weighted by atomic mass is 10.0. The molecule has 0 amide bonds. The Labute approximate surface area is 414 Å². The van der Waals surface area contributed by atoms with Crippen LogP contribution in [0, 0.1) is 0 Å². The van der Waals surface area contributed by atoms with Gasteiger partial charge in [-0.05, 0) is 89.9 Å². The zero-order valence-electron chi connectivity index (χ0n) is 44.2. The number of rotatable bonds is 51. The normalized spacial score (nSPS) is 12.6. The Kier molecular flexibility index (Phi) is 52.8. The summed E-state index contributed by atoms with van der Waals surface area (Å²) in [5, 5.41) is 0. The third-order valence-corrected chi connectivity index (χ3v) is 12.2. The standard InChI is InChI=1S/C61H106O6/c1-4-7-10-13-16-19-22-25-28-29-30-31-34-36-39-42-45-48-51-54-60(63)66-57-58(67-61(64)55-52-49-46-43-40-37-33-27-24-21-18-15-12-9-6-3)56-65-59(62)53-50-47-44-41-38-35-32-26-23-20-17-14-11-8-5-2/h7,10,16,19,25,27-28,30-31,33,36,39,58H,4-6,8-9,11-15,17-18,20-24,26,29,32,34-35,37-38,40-57H2,1-3H3/b10-7-,19-16-,28-25-,31-30-,33-27-,39-36-/t58-/m0/s1. The molecule has 0 rings (SSSR count). The van der Waals surface area contributed by atoms with Gasteiger partial charge in [-0.3, -0.25) is 14.4 Å². The molecule has 0 aliphatic rings. The van der Waals surface area contributed by atoms with Crippen LogP contribution < -0.4 is 0 Å². The molecule has 0 N–H and O–H groups in total. The van der Waals surface area contributed by atoms with Crippen LogP contribution in [0.2, 0.25) is 0 Å². The number of carbonyl (C=O) groups is 3. The monoisotopic (exact) mass is 935 g/mol. The van der Waals surface area contributed by atoms with Gasteiger partial charge in [-0.25, -0.2) is 0 Å². The predicted octanol–water partition coefficient (Wildman–Crippen LogP) is 19.0. The van der Waals surface area contributed by atoms with Gasteiger partial charge in [0.15, 0.2) is 6.10 Å². The van der Waals surface area contributed by atoms with E-state index >= 15 is 0 Å². The Balaban J connectivity index is 4.44. The van der Waals surface area contributed by atoms with Crippen LogP contribution >= 0.6 is 0 Å². The van der Waals surface area contributed by atoms with E-state index in [0.29, 0.717) is 19.3 Å². The minimum absolute atomic E-state index is 0.0871. The summed E-state index contributed by atoms with van der Waals surface area (Å²) in [7, 11) is 0. The van der Waals surface area contributed by atoms with Crippen molar-refractivity contribution in [3.8, 4) is 0 Å². The Bertz CT molecular complexity index is 1260. The summed E-state index contributed by atoms with van der Waals surface area (Å²) in [5.41, 5.74) is 0. The van der Waals surface area contributed by atoms with E-state index in [1.807, 2.05) is 0 Å². The number of carbonyl (C=O) groups excluding carboxylic acids is 3.